The Labute approximate surface area is 217 Å². The van der Waals surface area contributed by atoms with Crippen molar-refractivity contribution in [2.45, 2.75) is 58.5 Å². The molecule has 2 rings (SSSR count). The van der Waals surface area contributed by atoms with E-state index < -0.39 is 101 Å². The fraction of sp³-hybridized carbons (Fsp3) is 0.522. The standard InChI is InChI=1S/C23H24F5NO10/c1-8(30)29-20-13(36-7-14(34)39-22-18(27)16(25)15(24)17(26)19(22)28)5-12(6-35-9(2)31)21(37-10(3)32)23(20)38-11(4)33/h12-13,20-21,23H,5-7H2,1-4H3,(H,29,30)/t12-,13-,20+,21+,23-/m1/s1. The molecule has 0 spiro atoms. The van der Waals surface area contributed by atoms with E-state index >= 15 is 0 Å². The molecule has 1 saturated carbocycles. The zero-order valence-electron chi connectivity index (χ0n) is 21.0. The van der Waals surface area contributed by atoms with Gasteiger partial charge in [0.15, 0.2) is 6.10 Å². The van der Waals surface area contributed by atoms with E-state index in [0.29, 0.717) is 0 Å². The average Bonchev–Trinajstić information content (AvgIpc) is 2.83. The predicted molar refractivity (Wildman–Crippen MR) is 115 cm³/mol. The molecule has 0 aliphatic heterocycles. The van der Waals surface area contributed by atoms with Gasteiger partial charge in [-0.15, -0.1) is 0 Å². The number of amides is 1. The third kappa shape index (κ3) is 8.08. The Morgan fingerprint density at radius 1 is 0.769 bits per heavy atom. The van der Waals surface area contributed by atoms with Crippen LogP contribution in [0, 0.1) is 35.0 Å². The molecular weight excluding hydrogens is 545 g/mol. The quantitative estimate of drug-likeness (QED) is 0.116. The van der Waals surface area contributed by atoms with Crippen LogP contribution in [0.1, 0.15) is 34.1 Å². The van der Waals surface area contributed by atoms with Crippen LogP contribution in [0.3, 0.4) is 0 Å². The lowest BCUT2D eigenvalue weighted by atomic mass is 9.79. The number of benzene rings is 1. The van der Waals surface area contributed by atoms with E-state index in [4.69, 9.17) is 18.9 Å². The zero-order chi connectivity index (χ0) is 29.6. The van der Waals surface area contributed by atoms with Crippen LogP contribution >= 0.6 is 0 Å². The first-order valence-electron chi connectivity index (χ1n) is 11.2. The minimum absolute atomic E-state index is 0.205. The van der Waals surface area contributed by atoms with E-state index in [1.165, 1.54) is 0 Å². The van der Waals surface area contributed by atoms with Crippen LogP contribution in [0.15, 0.2) is 0 Å². The second-order valence-electron chi connectivity index (χ2n) is 8.40. The minimum Gasteiger partial charge on any atom is -0.465 e. The second kappa shape index (κ2) is 13.3. The molecule has 1 aliphatic rings. The maximum atomic E-state index is 13.9. The fourth-order valence-electron chi connectivity index (χ4n) is 3.91. The molecule has 0 aromatic heterocycles. The lowest BCUT2D eigenvalue weighted by Gasteiger charge is -2.45. The van der Waals surface area contributed by atoms with Gasteiger partial charge in [0.1, 0.15) is 12.7 Å². The Morgan fingerprint density at radius 2 is 1.28 bits per heavy atom. The van der Waals surface area contributed by atoms with Crippen molar-refractivity contribution in [3.05, 3.63) is 29.1 Å². The SMILES string of the molecule is CC(=O)N[C@@H]1[C@@H](OC(C)=O)[C@@H](OC(C)=O)[C@@H](COC(C)=O)C[C@H]1OCC(=O)Oc1c(F)c(F)c(F)c(F)c1F. The molecule has 1 fully saturated rings. The van der Waals surface area contributed by atoms with Crippen LogP contribution in [0.2, 0.25) is 0 Å². The summed E-state index contributed by atoms with van der Waals surface area (Å²) < 4.78 is 93.1. The van der Waals surface area contributed by atoms with Crippen molar-refractivity contribution < 1.29 is 69.6 Å². The summed E-state index contributed by atoms with van der Waals surface area (Å²) in [5.41, 5.74) is 0. The topological polar surface area (TPSA) is 144 Å². The highest BCUT2D eigenvalue weighted by atomic mass is 19.2. The molecule has 0 saturated heterocycles. The Morgan fingerprint density at radius 3 is 1.77 bits per heavy atom. The molecule has 1 aromatic rings. The number of carbonyl (C=O) groups excluding carboxylic acids is 5. The second-order valence-corrected chi connectivity index (χ2v) is 8.40. The van der Waals surface area contributed by atoms with Gasteiger partial charge in [-0.3, -0.25) is 19.2 Å². The van der Waals surface area contributed by atoms with Crippen LogP contribution in [-0.2, 0) is 42.9 Å². The summed E-state index contributed by atoms with van der Waals surface area (Å²) in [4.78, 5) is 59.1. The number of rotatable bonds is 9. The van der Waals surface area contributed by atoms with Gasteiger partial charge in [-0.05, 0) is 6.42 Å². The Bertz CT molecular complexity index is 1120. The number of esters is 4. The van der Waals surface area contributed by atoms with Crippen molar-refractivity contribution in [2.24, 2.45) is 5.92 Å². The van der Waals surface area contributed by atoms with Crippen LogP contribution in [0.5, 0.6) is 5.75 Å². The van der Waals surface area contributed by atoms with Crippen molar-refractivity contribution in [3.8, 4) is 5.75 Å². The molecule has 0 bridgehead atoms. The summed E-state index contributed by atoms with van der Waals surface area (Å²) in [6.45, 7) is 2.72. The van der Waals surface area contributed by atoms with Gasteiger partial charge in [-0.2, -0.15) is 8.78 Å². The van der Waals surface area contributed by atoms with Crippen LogP contribution in [-0.4, -0.2) is 67.4 Å². The fourth-order valence-corrected chi connectivity index (χ4v) is 3.91. The largest absolute Gasteiger partial charge is 0.465 e. The molecule has 1 aromatic carbocycles. The number of halogens is 5. The molecule has 1 amide bonds. The van der Waals surface area contributed by atoms with E-state index in [0.717, 1.165) is 27.7 Å². The first kappa shape index (κ1) is 31.4. The Balaban J connectivity index is 2.35. The van der Waals surface area contributed by atoms with Gasteiger partial charge in [-0.25, -0.2) is 18.0 Å². The highest BCUT2D eigenvalue weighted by molar-refractivity contribution is 5.74. The van der Waals surface area contributed by atoms with Gasteiger partial charge < -0.3 is 29.0 Å². The van der Waals surface area contributed by atoms with Crippen molar-refractivity contribution in [1.82, 2.24) is 5.32 Å². The number of ether oxygens (including phenoxy) is 5. The van der Waals surface area contributed by atoms with E-state index in [2.05, 4.69) is 10.1 Å². The molecule has 0 radical (unpaired) electrons. The molecule has 11 nitrogen and oxygen atoms in total. The van der Waals surface area contributed by atoms with Crippen molar-refractivity contribution in [1.29, 1.82) is 0 Å². The van der Waals surface area contributed by atoms with Crippen LogP contribution < -0.4 is 10.1 Å². The molecule has 16 heteroatoms. The van der Waals surface area contributed by atoms with E-state index in [9.17, 15) is 45.9 Å². The van der Waals surface area contributed by atoms with E-state index in [1.54, 1.807) is 0 Å². The zero-order valence-corrected chi connectivity index (χ0v) is 21.0. The van der Waals surface area contributed by atoms with Gasteiger partial charge in [0.2, 0.25) is 40.7 Å². The van der Waals surface area contributed by atoms with Crippen molar-refractivity contribution in [3.63, 3.8) is 0 Å². The molecule has 216 valence electrons. The lowest BCUT2D eigenvalue weighted by molar-refractivity contribution is -0.194. The summed E-state index contributed by atoms with van der Waals surface area (Å²) in [7, 11) is 0. The van der Waals surface area contributed by atoms with E-state index in [1.807, 2.05) is 0 Å². The molecular formula is C23H24F5NO10. The van der Waals surface area contributed by atoms with Crippen molar-refractivity contribution in [2.75, 3.05) is 13.2 Å². The van der Waals surface area contributed by atoms with Crippen molar-refractivity contribution >= 4 is 29.8 Å². The van der Waals surface area contributed by atoms with Gasteiger partial charge >= 0.3 is 23.9 Å². The third-order valence-corrected chi connectivity index (χ3v) is 5.35. The van der Waals surface area contributed by atoms with Crippen LogP contribution in [0.25, 0.3) is 0 Å². The minimum atomic E-state index is -2.46. The first-order chi connectivity index (χ1) is 18.1. The number of carbonyl (C=O) groups is 5. The predicted octanol–water partition coefficient (Wildman–Crippen LogP) is 1.62. The molecule has 0 heterocycles. The highest BCUT2D eigenvalue weighted by Crippen LogP contribution is 2.33. The molecule has 0 unspecified atom stereocenters. The molecule has 39 heavy (non-hydrogen) atoms. The smallest absolute Gasteiger partial charge is 0.337 e. The number of hydrogen-bond acceptors (Lipinski definition) is 10. The summed E-state index contributed by atoms with van der Waals surface area (Å²) in [6, 6.07) is -1.29. The Hall–Kier alpha value is -3.82. The monoisotopic (exact) mass is 569 g/mol. The number of nitrogens with one attached hydrogen (secondary N) is 1. The summed E-state index contributed by atoms with van der Waals surface area (Å²) >= 11 is 0. The summed E-state index contributed by atoms with van der Waals surface area (Å²) in [6.07, 6.45) is -4.16. The molecule has 1 aliphatic carbocycles. The maximum absolute atomic E-state index is 13.9. The maximum Gasteiger partial charge on any atom is 0.337 e. The van der Waals surface area contributed by atoms with Gasteiger partial charge in [-0.1, -0.05) is 0 Å². The summed E-state index contributed by atoms with van der Waals surface area (Å²) in [5.74, 6) is -19.4. The van der Waals surface area contributed by atoms with Crippen LogP contribution in [0.4, 0.5) is 22.0 Å². The Kier molecular flexibility index (Phi) is 10.7. The number of hydrogen-bond donors (Lipinski definition) is 1. The lowest BCUT2D eigenvalue weighted by Crippen LogP contribution is -2.64. The average molecular weight is 569 g/mol. The van der Waals surface area contributed by atoms with E-state index in [-0.39, 0.29) is 13.0 Å². The van der Waals surface area contributed by atoms with Gasteiger partial charge in [0.05, 0.1) is 18.8 Å². The first-order valence-corrected chi connectivity index (χ1v) is 11.2. The van der Waals surface area contributed by atoms with Gasteiger partial charge in [0.25, 0.3) is 0 Å². The normalized spacial score (nSPS) is 22.4. The van der Waals surface area contributed by atoms with Gasteiger partial charge in [0, 0.05) is 33.6 Å². The third-order valence-electron chi connectivity index (χ3n) is 5.35. The summed E-state index contributed by atoms with van der Waals surface area (Å²) in [5, 5.41) is 2.44. The highest BCUT2D eigenvalue weighted by Gasteiger charge is 2.50. The molecule has 1 N–H and O–H groups in total. The molecule has 5 atom stereocenters.